The highest BCUT2D eigenvalue weighted by atomic mass is 16.5. The zero-order chi connectivity index (χ0) is 13.0. The van der Waals surface area contributed by atoms with E-state index in [1.165, 1.54) is 12.5 Å². The van der Waals surface area contributed by atoms with Crippen LogP contribution in [0.4, 0.5) is 0 Å². The van der Waals surface area contributed by atoms with Gasteiger partial charge in [0.15, 0.2) is 0 Å². The van der Waals surface area contributed by atoms with Gasteiger partial charge in [-0.15, -0.1) is 0 Å². The molecule has 0 saturated heterocycles. The topological polar surface area (TPSA) is 67.0 Å². The van der Waals surface area contributed by atoms with Crippen LogP contribution < -0.4 is 10.1 Å². The molecule has 1 aromatic heterocycles. The fraction of sp³-hybridized carbons (Fsp3) is 0.231. The van der Waals surface area contributed by atoms with Gasteiger partial charge in [-0.05, 0) is 30.2 Å². The normalized spacial score (nSPS) is 10.1. The highest BCUT2D eigenvalue weighted by Crippen LogP contribution is 2.16. The summed E-state index contributed by atoms with van der Waals surface area (Å²) in [7, 11) is 1.63. The third-order valence-corrected chi connectivity index (χ3v) is 2.54. The van der Waals surface area contributed by atoms with Crippen LogP contribution in [0.1, 0.15) is 21.6 Å². The van der Waals surface area contributed by atoms with Crippen molar-refractivity contribution >= 4 is 5.91 Å². The summed E-state index contributed by atoms with van der Waals surface area (Å²) in [6.07, 6.45) is 2.97. The van der Waals surface area contributed by atoms with Crippen molar-refractivity contribution in [3.8, 4) is 5.75 Å². The number of nitrogens with zero attached hydrogens (tertiary/aromatic N) is 1. The highest BCUT2D eigenvalue weighted by Gasteiger charge is 2.06. The first kappa shape index (κ1) is 12.2. The van der Waals surface area contributed by atoms with Gasteiger partial charge in [-0.3, -0.25) is 4.79 Å². The van der Waals surface area contributed by atoms with Gasteiger partial charge in [-0.2, -0.15) is 0 Å². The molecule has 0 radical (unpaired) electrons. The number of imidazole rings is 1. The van der Waals surface area contributed by atoms with Crippen LogP contribution >= 0.6 is 0 Å². The Kier molecular flexibility index (Phi) is 3.62. The highest BCUT2D eigenvalue weighted by molar-refractivity contribution is 5.91. The number of carbonyl (C=O) groups is 1. The molecular formula is C13H15N3O2. The van der Waals surface area contributed by atoms with Gasteiger partial charge >= 0.3 is 0 Å². The first-order valence-corrected chi connectivity index (χ1v) is 5.60. The van der Waals surface area contributed by atoms with Crippen molar-refractivity contribution in [2.24, 2.45) is 0 Å². The Bertz CT molecular complexity index is 535. The van der Waals surface area contributed by atoms with Crippen molar-refractivity contribution < 1.29 is 9.53 Å². The van der Waals surface area contributed by atoms with Crippen molar-refractivity contribution in [3.05, 3.63) is 47.5 Å². The molecule has 5 heteroatoms. The molecule has 0 atom stereocenters. The molecule has 1 amide bonds. The van der Waals surface area contributed by atoms with Crippen LogP contribution in [0.15, 0.2) is 30.7 Å². The van der Waals surface area contributed by atoms with Gasteiger partial charge in [0.1, 0.15) is 11.4 Å². The number of hydrogen-bond acceptors (Lipinski definition) is 3. The first-order chi connectivity index (χ1) is 8.69. The minimum Gasteiger partial charge on any atom is -0.497 e. The molecule has 0 fully saturated rings. The van der Waals surface area contributed by atoms with Crippen LogP contribution in [-0.4, -0.2) is 23.0 Å². The first-order valence-electron chi connectivity index (χ1n) is 5.60. The van der Waals surface area contributed by atoms with Crippen LogP contribution in [0, 0.1) is 6.92 Å². The van der Waals surface area contributed by atoms with Crippen molar-refractivity contribution in [2.45, 2.75) is 13.5 Å². The van der Waals surface area contributed by atoms with Crippen molar-refractivity contribution in [1.29, 1.82) is 0 Å². The molecular weight excluding hydrogens is 230 g/mol. The third kappa shape index (κ3) is 2.88. The molecule has 0 aliphatic heterocycles. The predicted molar refractivity (Wildman–Crippen MR) is 67.5 cm³/mol. The largest absolute Gasteiger partial charge is 0.497 e. The molecule has 94 valence electrons. The molecule has 0 bridgehead atoms. The van der Waals surface area contributed by atoms with E-state index in [4.69, 9.17) is 4.74 Å². The van der Waals surface area contributed by atoms with Crippen LogP contribution in [-0.2, 0) is 6.54 Å². The quantitative estimate of drug-likeness (QED) is 0.860. The van der Waals surface area contributed by atoms with Gasteiger partial charge in [0.2, 0.25) is 0 Å². The molecule has 1 aromatic carbocycles. The lowest BCUT2D eigenvalue weighted by molar-refractivity contribution is 0.0946. The average Bonchev–Trinajstić information content (AvgIpc) is 2.89. The number of aryl methyl sites for hydroxylation is 1. The molecule has 2 aromatic rings. The second-order valence-electron chi connectivity index (χ2n) is 4.01. The van der Waals surface area contributed by atoms with Crippen LogP contribution in [0.5, 0.6) is 5.75 Å². The van der Waals surface area contributed by atoms with E-state index in [1.807, 2.05) is 25.1 Å². The summed E-state index contributed by atoms with van der Waals surface area (Å²) in [5.41, 5.74) is 2.55. The van der Waals surface area contributed by atoms with Crippen molar-refractivity contribution in [2.75, 3.05) is 7.11 Å². The summed E-state index contributed by atoms with van der Waals surface area (Å²) >= 11 is 0. The maximum atomic E-state index is 11.7. The molecule has 0 saturated carbocycles. The molecule has 0 aliphatic rings. The Morgan fingerprint density at radius 1 is 1.44 bits per heavy atom. The summed E-state index contributed by atoms with van der Waals surface area (Å²) in [5.74, 6) is 0.619. The van der Waals surface area contributed by atoms with E-state index in [0.717, 1.165) is 16.9 Å². The standard InChI is InChI=1S/C13H15N3O2/c1-9-3-10(5-11(4-9)18-2)6-15-13(17)12-7-14-8-16-12/h3-5,7-8H,6H2,1-2H3,(H,14,16)(H,15,17). The van der Waals surface area contributed by atoms with Crippen LogP contribution in [0.3, 0.4) is 0 Å². The zero-order valence-electron chi connectivity index (χ0n) is 10.4. The summed E-state index contributed by atoms with van der Waals surface area (Å²) in [6, 6.07) is 5.86. The summed E-state index contributed by atoms with van der Waals surface area (Å²) < 4.78 is 5.19. The van der Waals surface area contributed by atoms with E-state index in [9.17, 15) is 4.79 Å². The lowest BCUT2D eigenvalue weighted by Crippen LogP contribution is -2.23. The molecule has 2 N–H and O–H groups in total. The number of nitrogens with one attached hydrogen (secondary N) is 2. The fourth-order valence-corrected chi connectivity index (χ4v) is 1.70. The molecule has 1 heterocycles. The van der Waals surface area contributed by atoms with Crippen molar-refractivity contribution in [3.63, 3.8) is 0 Å². The Hall–Kier alpha value is -2.30. The average molecular weight is 245 g/mol. The number of aromatic nitrogens is 2. The SMILES string of the molecule is COc1cc(C)cc(CNC(=O)c2cnc[nH]2)c1. The minimum atomic E-state index is -0.173. The zero-order valence-corrected chi connectivity index (χ0v) is 10.4. The van der Waals surface area contributed by atoms with Gasteiger partial charge in [-0.25, -0.2) is 4.98 Å². The molecule has 18 heavy (non-hydrogen) atoms. The Morgan fingerprint density at radius 3 is 2.94 bits per heavy atom. The maximum absolute atomic E-state index is 11.7. The van der Waals surface area contributed by atoms with E-state index < -0.39 is 0 Å². The third-order valence-electron chi connectivity index (χ3n) is 2.54. The van der Waals surface area contributed by atoms with Crippen molar-refractivity contribution in [1.82, 2.24) is 15.3 Å². The van der Waals surface area contributed by atoms with Gasteiger partial charge in [-0.1, -0.05) is 6.07 Å². The summed E-state index contributed by atoms with van der Waals surface area (Å²) in [5, 5.41) is 2.81. The van der Waals surface area contributed by atoms with E-state index in [1.54, 1.807) is 7.11 Å². The molecule has 0 aliphatic carbocycles. The van der Waals surface area contributed by atoms with E-state index in [2.05, 4.69) is 15.3 Å². The number of ether oxygens (including phenoxy) is 1. The summed E-state index contributed by atoms with van der Waals surface area (Å²) in [6.45, 7) is 2.44. The number of rotatable bonds is 4. The number of H-pyrrole nitrogens is 1. The fourth-order valence-electron chi connectivity index (χ4n) is 1.70. The lowest BCUT2D eigenvalue weighted by Gasteiger charge is -2.07. The number of carbonyl (C=O) groups excluding carboxylic acids is 1. The smallest absolute Gasteiger partial charge is 0.269 e. The Balaban J connectivity index is 2.02. The van der Waals surface area contributed by atoms with Crippen LogP contribution in [0.25, 0.3) is 0 Å². The number of hydrogen-bond donors (Lipinski definition) is 2. The number of methoxy groups -OCH3 is 1. The summed E-state index contributed by atoms with van der Waals surface area (Å²) in [4.78, 5) is 18.3. The number of amides is 1. The van der Waals surface area contributed by atoms with Gasteiger partial charge in [0.05, 0.1) is 19.6 Å². The Morgan fingerprint density at radius 2 is 2.28 bits per heavy atom. The molecule has 2 rings (SSSR count). The molecule has 5 nitrogen and oxygen atoms in total. The Labute approximate surface area is 105 Å². The molecule has 0 unspecified atom stereocenters. The molecule has 0 spiro atoms. The van der Waals surface area contributed by atoms with E-state index in [0.29, 0.717) is 12.2 Å². The van der Waals surface area contributed by atoms with Gasteiger partial charge in [0, 0.05) is 6.54 Å². The van der Waals surface area contributed by atoms with Gasteiger partial charge < -0.3 is 15.0 Å². The lowest BCUT2D eigenvalue weighted by atomic mass is 10.1. The minimum absolute atomic E-state index is 0.173. The van der Waals surface area contributed by atoms with Gasteiger partial charge in [0.25, 0.3) is 5.91 Å². The van der Waals surface area contributed by atoms with Crippen LogP contribution in [0.2, 0.25) is 0 Å². The number of benzene rings is 1. The van der Waals surface area contributed by atoms with E-state index in [-0.39, 0.29) is 5.91 Å². The monoisotopic (exact) mass is 245 g/mol. The maximum Gasteiger partial charge on any atom is 0.269 e. The second-order valence-corrected chi connectivity index (χ2v) is 4.01. The van der Waals surface area contributed by atoms with E-state index >= 15 is 0 Å². The second kappa shape index (κ2) is 5.35. The predicted octanol–water partition coefficient (Wildman–Crippen LogP) is 1.66. The number of aromatic amines is 1.